The molecule has 0 fully saturated rings. The average Bonchev–Trinajstić information content (AvgIpc) is 2.93. The van der Waals surface area contributed by atoms with Crippen LogP contribution in [0.2, 0.25) is 0 Å². The zero-order chi connectivity index (χ0) is 14.1. The van der Waals surface area contributed by atoms with Crippen LogP contribution in [0.15, 0.2) is 36.4 Å². The van der Waals surface area contributed by atoms with Crippen molar-refractivity contribution in [2.75, 3.05) is 7.11 Å². The number of fused-ring (bicyclic) bond motifs is 1. The highest BCUT2D eigenvalue weighted by molar-refractivity contribution is 5.44. The van der Waals surface area contributed by atoms with Crippen LogP contribution in [-0.2, 0) is 18.0 Å². The van der Waals surface area contributed by atoms with E-state index in [0.29, 0.717) is 24.5 Å². The minimum Gasteiger partial charge on any atom is -0.496 e. The summed E-state index contributed by atoms with van der Waals surface area (Å²) in [6, 6.07) is 10.1. The number of benzene rings is 2. The standard InChI is InChI=1S/C16H16FNO2/c1-19-14-4-2-3-13(17)15(14)16(18)10-5-6-11-8-20-9-12(11)7-10/h2-7,16H,8-9,18H2,1H3. The summed E-state index contributed by atoms with van der Waals surface area (Å²) in [6.07, 6.45) is 0. The van der Waals surface area contributed by atoms with Crippen molar-refractivity contribution in [2.24, 2.45) is 5.73 Å². The number of hydrogen-bond acceptors (Lipinski definition) is 3. The number of rotatable bonds is 3. The molecular formula is C16H16FNO2. The fraction of sp³-hybridized carbons (Fsp3) is 0.250. The Hall–Kier alpha value is -1.91. The van der Waals surface area contributed by atoms with Crippen molar-refractivity contribution in [1.29, 1.82) is 0 Å². The topological polar surface area (TPSA) is 44.5 Å². The monoisotopic (exact) mass is 273 g/mol. The fourth-order valence-electron chi connectivity index (χ4n) is 2.55. The van der Waals surface area contributed by atoms with Crippen molar-refractivity contribution in [1.82, 2.24) is 0 Å². The number of methoxy groups -OCH3 is 1. The van der Waals surface area contributed by atoms with E-state index in [4.69, 9.17) is 15.2 Å². The molecule has 2 aromatic rings. The SMILES string of the molecule is COc1cccc(F)c1C(N)c1ccc2c(c1)COC2. The van der Waals surface area contributed by atoms with Gasteiger partial charge in [0.25, 0.3) is 0 Å². The molecule has 2 N–H and O–H groups in total. The van der Waals surface area contributed by atoms with Crippen LogP contribution in [0.1, 0.15) is 28.3 Å². The molecule has 1 heterocycles. The van der Waals surface area contributed by atoms with Gasteiger partial charge in [-0.2, -0.15) is 0 Å². The van der Waals surface area contributed by atoms with Gasteiger partial charge in [-0.1, -0.05) is 24.3 Å². The predicted octanol–water partition coefficient (Wildman–Crippen LogP) is 2.91. The van der Waals surface area contributed by atoms with Gasteiger partial charge in [0, 0.05) is 0 Å². The molecule has 3 rings (SSSR count). The molecule has 0 radical (unpaired) electrons. The summed E-state index contributed by atoms with van der Waals surface area (Å²) >= 11 is 0. The van der Waals surface area contributed by atoms with Crippen molar-refractivity contribution in [3.05, 3.63) is 64.5 Å². The van der Waals surface area contributed by atoms with E-state index in [9.17, 15) is 4.39 Å². The van der Waals surface area contributed by atoms with Gasteiger partial charge in [0.15, 0.2) is 0 Å². The third-order valence-electron chi connectivity index (χ3n) is 3.65. The van der Waals surface area contributed by atoms with Gasteiger partial charge in [-0.05, 0) is 28.8 Å². The Morgan fingerprint density at radius 1 is 1.20 bits per heavy atom. The second-order valence-electron chi connectivity index (χ2n) is 4.85. The molecule has 1 aliphatic rings. The molecule has 0 aromatic heterocycles. The van der Waals surface area contributed by atoms with E-state index in [0.717, 1.165) is 11.1 Å². The van der Waals surface area contributed by atoms with Crippen LogP contribution in [-0.4, -0.2) is 7.11 Å². The van der Waals surface area contributed by atoms with E-state index in [1.54, 1.807) is 12.1 Å². The molecule has 0 bridgehead atoms. The maximum Gasteiger partial charge on any atom is 0.132 e. The number of hydrogen-bond donors (Lipinski definition) is 1. The van der Waals surface area contributed by atoms with Gasteiger partial charge in [-0.15, -0.1) is 0 Å². The first kappa shape index (κ1) is 13.1. The smallest absolute Gasteiger partial charge is 0.132 e. The van der Waals surface area contributed by atoms with Crippen LogP contribution < -0.4 is 10.5 Å². The molecule has 0 amide bonds. The Kier molecular flexibility index (Phi) is 3.42. The molecular weight excluding hydrogens is 257 g/mol. The first-order valence-corrected chi connectivity index (χ1v) is 6.48. The Morgan fingerprint density at radius 2 is 2.00 bits per heavy atom. The van der Waals surface area contributed by atoms with E-state index >= 15 is 0 Å². The minimum absolute atomic E-state index is 0.353. The molecule has 1 aliphatic heterocycles. The van der Waals surface area contributed by atoms with E-state index in [-0.39, 0.29) is 5.82 Å². The van der Waals surface area contributed by atoms with Gasteiger partial charge in [0.1, 0.15) is 11.6 Å². The molecule has 2 aromatic carbocycles. The lowest BCUT2D eigenvalue weighted by molar-refractivity contribution is 0.134. The Bertz CT molecular complexity index is 642. The van der Waals surface area contributed by atoms with Gasteiger partial charge in [-0.3, -0.25) is 0 Å². The fourth-order valence-corrected chi connectivity index (χ4v) is 2.55. The van der Waals surface area contributed by atoms with E-state index in [1.165, 1.54) is 18.7 Å². The quantitative estimate of drug-likeness (QED) is 0.935. The van der Waals surface area contributed by atoms with Crippen molar-refractivity contribution in [3.63, 3.8) is 0 Å². The van der Waals surface area contributed by atoms with E-state index in [1.807, 2.05) is 18.2 Å². The van der Waals surface area contributed by atoms with Gasteiger partial charge in [0.2, 0.25) is 0 Å². The van der Waals surface area contributed by atoms with E-state index < -0.39 is 6.04 Å². The summed E-state index contributed by atoms with van der Waals surface area (Å²) in [5.41, 5.74) is 9.76. The minimum atomic E-state index is -0.558. The molecule has 20 heavy (non-hydrogen) atoms. The molecule has 3 nitrogen and oxygen atoms in total. The third kappa shape index (κ3) is 2.17. The second-order valence-corrected chi connectivity index (χ2v) is 4.85. The van der Waals surface area contributed by atoms with Crippen LogP contribution in [0, 0.1) is 5.82 Å². The Labute approximate surface area is 117 Å². The molecule has 0 saturated heterocycles. The lowest BCUT2D eigenvalue weighted by Crippen LogP contribution is -2.15. The summed E-state index contributed by atoms with van der Waals surface area (Å²) in [5.74, 6) is 0.114. The van der Waals surface area contributed by atoms with Crippen molar-refractivity contribution >= 4 is 0 Å². The maximum atomic E-state index is 14.1. The maximum absolute atomic E-state index is 14.1. The first-order valence-electron chi connectivity index (χ1n) is 6.48. The molecule has 104 valence electrons. The van der Waals surface area contributed by atoms with Crippen molar-refractivity contribution < 1.29 is 13.9 Å². The molecule has 0 spiro atoms. The normalized spacial score (nSPS) is 14.9. The highest BCUT2D eigenvalue weighted by Crippen LogP contribution is 2.32. The van der Waals surface area contributed by atoms with Crippen molar-refractivity contribution in [2.45, 2.75) is 19.3 Å². The molecule has 0 aliphatic carbocycles. The number of ether oxygens (including phenoxy) is 2. The zero-order valence-corrected chi connectivity index (χ0v) is 11.2. The lowest BCUT2D eigenvalue weighted by Gasteiger charge is -2.17. The van der Waals surface area contributed by atoms with Crippen LogP contribution in [0.4, 0.5) is 4.39 Å². The largest absolute Gasteiger partial charge is 0.496 e. The van der Waals surface area contributed by atoms with Crippen LogP contribution in [0.3, 0.4) is 0 Å². The van der Waals surface area contributed by atoms with Crippen LogP contribution in [0.5, 0.6) is 5.75 Å². The predicted molar refractivity (Wildman–Crippen MR) is 73.9 cm³/mol. The van der Waals surface area contributed by atoms with Gasteiger partial charge in [0.05, 0.1) is 31.9 Å². The van der Waals surface area contributed by atoms with Gasteiger partial charge >= 0.3 is 0 Å². The first-order chi connectivity index (χ1) is 9.70. The van der Waals surface area contributed by atoms with Gasteiger partial charge in [-0.25, -0.2) is 4.39 Å². The summed E-state index contributed by atoms with van der Waals surface area (Å²) in [5, 5.41) is 0. The summed E-state index contributed by atoms with van der Waals surface area (Å²) < 4.78 is 24.7. The lowest BCUT2D eigenvalue weighted by atomic mass is 9.95. The molecule has 1 atom stereocenters. The Morgan fingerprint density at radius 3 is 2.80 bits per heavy atom. The zero-order valence-electron chi connectivity index (χ0n) is 11.2. The van der Waals surface area contributed by atoms with E-state index in [2.05, 4.69) is 0 Å². The molecule has 4 heteroatoms. The number of nitrogens with two attached hydrogens (primary N) is 1. The summed E-state index contributed by atoms with van der Waals surface area (Å²) in [7, 11) is 1.52. The summed E-state index contributed by atoms with van der Waals surface area (Å²) in [4.78, 5) is 0. The summed E-state index contributed by atoms with van der Waals surface area (Å²) in [6.45, 7) is 1.22. The van der Waals surface area contributed by atoms with Crippen LogP contribution in [0.25, 0.3) is 0 Å². The highest BCUT2D eigenvalue weighted by atomic mass is 19.1. The molecule has 0 saturated carbocycles. The van der Waals surface area contributed by atoms with Crippen molar-refractivity contribution in [3.8, 4) is 5.75 Å². The third-order valence-corrected chi connectivity index (χ3v) is 3.65. The average molecular weight is 273 g/mol. The highest BCUT2D eigenvalue weighted by Gasteiger charge is 2.20. The van der Waals surface area contributed by atoms with Crippen LogP contribution >= 0.6 is 0 Å². The second kappa shape index (κ2) is 5.23. The Balaban J connectivity index is 2.02. The van der Waals surface area contributed by atoms with Gasteiger partial charge < -0.3 is 15.2 Å². The number of halogens is 1. The molecule has 1 unspecified atom stereocenters.